The Morgan fingerprint density at radius 3 is 2.43 bits per heavy atom. The van der Waals surface area contributed by atoms with Crippen molar-refractivity contribution >= 4 is 28.2 Å². The second-order valence-electron chi connectivity index (χ2n) is 5.23. The van der Waals surface area contributed by atoms with E-state index in [2.05, 4.69) is 0 Å². The number of halogens is 1. The van der Waals surface area contributed by atoms with Crippen LogP contribution in [0.15, 0.2) is 30.3 Å². The van der Waals surface area contributed by atoms with E-state index in [1.54, 1.807) is 30.9 Å². The van der Waals surface area contributed by atoms with Crippen LogP contribution >= 0.6 is 12.4 Å². The SMILES string of the molecule is CC1C(C)S(=O)(=O)CCN1C(=O)C(N)c1ccccc1.Cl. The van der Waals surface area contributed by atoms with Crippen LogP contribution in [-0.4, -0.2) is 42.8 Å². The van der Waals surface area contributed by atoms with Crippen LogP contribution in [0.4, 0.5) is 0 Å². The Balaban J connectivity index is 0.00000220. The van der Waals surface area contributed by atoms with Gasteiger partial charge in [-0.3, -0.25) is 4.79 Å². The first-order valence-electron chi connectivity index (χ1n) is 6.67. The Labute approximate surface area is 131 Å². The summed E-state index contributed by atoms with van der Waals surface area (Å²) in [5.41, 5.74) is 6.75. The van der Waals surface area contributed by atoms with Gasteiger partial charge in [0.15, 0.2) is 9.84 Å². The molecule has 1 aromatic rings. The molecule has 1 fully saturated rings. The molecule has 1 saturated heterocycles. The highest BCUT2D eigenvalue weighted by molar-refractivity contribution is 7.92. The molecule has 0 saturated carbocycles. The molecular weight excluding hydrogens is 312 g/mol. The molecule has 1 aliphatic heterocycles. The molecule has 1 heterocycles. The number of sulfone groups is 1. The van der Waals surface area contributed by atoms with Crippen molar-refractivity contribution in [1.82, 2.24) is 4.90 Å². The zero-order chi connectivity index (χ0) is 14.9. The van der Waals surface area contributed by atoms with Gasteiger partial charge in [0, 0.05) is 12.6 Å². The van der Waals surface area contributed by atoms with Gasteiger partial charge in [-0.2, -0.15) is 0 Å². The van der Waals surface area contributed by atoms with Crippen molar-refractivity contribution in [2.45, 2.75) is 31.2 Å². The Morgan fingerprint density at radius 1 is 1.29 bits per heavy atom. The van der Waals surface area contributed by atoms with Crippen LogP contribution in [0.3, 0.4) is 0 Å². The van der Waals surface area contributed by atoms with Gasteiger partial charge in [0.05, 0.1) is 11.0 Å². The average Bonchev–Trinajstić information content (AvgIpc) is 2.44. The summed E-state index contributed by atoms with van der Waals surface area (Å²) in [7, 11) is -3.10. The van der Waals surface area contributed by atoms with Gasteiger partial charge in [-0.05, 0) is 19.4 Å². The van der Waals surface area contributed by atoms with E-state index in [4.69, 9.17) is 5.73 Å². The van der Waals surface area contributed by atoms with E-state index in [1.807, 2.05) is 18.2 Å². The van der Waals surface area contributed by atoms with Crippen molar-refractivity contribution in [2.24, 2.45) is 5.73 Å². The second-order valence-corrected chi connectivity index (χ2v) is 7.71. The zero-order valence-electron chi connectivity index (χ0n) is 12.1. The molecule has 2 N–H and O–H groups in total. The molecule has 0 aromatic heterocycles. The van der Waals surface area contributed by atoms with Gasteiger partial charge in [0.25, 0.3) is 0 Å². The fraction of sp³-hybridized carbons (Fsp3) is 0.500. The van der Waals surface area contributed by atoms with Gasteiger partial charge < -0.3 is 10.6 Å². The quantitative estimate of drug-likeness (QED) is 0.880. The van der Waals surface area contributed by atoms with Crippen LogP contribution in [0.1, 0.15) is 25.5 Å². The van der Waals surface area contributed by atoms with Crippen LogP contribution in [0, 0.1) is 0 Å². The molecule has 1 amide bonds. The summed E-state index contributed by atoms with van der Waals surface area (Å²) in [6.45, 7) is 3.62. The lowest BCUT2D eigenvalue weighted by atomic mass is 10.1. The highest BCUT2D eigenvalue weighted by Gasteiger charge is 2.39. The predicted octanol–water partition coefficient (Wildman–Crippen LogP) is 1.14. The van der Waals surface area contributed by atoms with E-state index < -0.39 is 21.1 Å². The number of carbonyl (C=O) groups excluding carboxylic acids is 1. The third-order valence-corrected chi connectivity index (χ3v) is 6.34. The van der Waals surface area contributed by atoms with Crippen molar-refractivity contribution in [3.8, 4) is 0 Å². The standard InChI is InChI=1S/C14H20N2O3S.ClH/c1-10-11(2)20(18,19)9-8-16(10)14(17)13(15)12-6-4-3-5-7-12;/h3-7,10-11,13H,8-9,15H2,1-2H3;1H. The number of carbonyl (C=O) groups is 1. The first kappa shape index (κ1) is 17.9. The summed E-state index contributed by atoms with van der Waals surface area (Å²) in [6, 6.07) is 8.03. The molecule has 0 spiro atoms. The van der Waals surface area contributed by atoms with Crippen molar-refractivity contribution in [3.63, 3.8) is 0 Å². The third kappa shape index (κ3) is 3.56. The second kappa shape index (κ2) is 6.77. The fourth-order valence-electron chi connectivity index (χ4n) is 2.46. The van der Waals surface area contributed by atoms with E-state index in [0.717, 1.165) is 5.56 Å². The Bertz CT molecular complexity index is 591. The first-order chi connectivity index (χ1) is 9.34. The third-order valence-electron chi connectivity index (χ3n) is 4.06. The molecule has 0 bridgehead atoms. The Hall–Kier alpha value is -1.11. The summed E-state index contributed by atoms with van der Waals surface area (Å²) in [6.07, 6.45) is 0. The van der Waals surface area contributed by atoms with Gasteiger partial charge in [-0.25, -0.2) is 8.42 Å². The average molecular weight is 333 g/mol. The maximum atomic E-state index is 12.5. The molecule has 3 unspecified atom stereocenters. The molecule has 1 aromatic carbocycles. The van der Waals surface area contributed by atoms with E-state index in [0.29, 0.717) is 0 Å². The fourth-order valence-corrected chi connectivity index (χ4v) is 4.03. The highest BCUT2D eigenvalue weighted by atomic mass is 35.5. The topological polar surface area (TPSA) is 80.5 Å². The van der Waals surface area contributed by atoms with Crippen molar-refractivity contribution in [3.05, 3.63) is 35.9 Å². The Kier molecular flexibility index (Phi) is 5.78. The minimum atomic E-state index is -3.10. The number of hydrogen-bond acceptors (Lipinski definition) is 4. The van der Waals surface area contributed by atoms with Crippen molar-refractivity contribution in [1.29, 1.82) is 0 Å². The van der Waals surface area contributed by atoms with Gasteiger partial charge in [0.1, 0.15) is 6.04 Å². The zero-order valence-corrected chi connectivity index (χ0v) is 13.7. The minimum Gasteiger partial charge on any atom is -0.336 e. The summed E-state index contributed by atoms with van der Waals surface area (Å²) in [4.78, 5) is 14.1. The van der Waals surface area contributed by atoms with Crippen LogP contribution in [0.5, 0.6) is 0 Å². The highest BCUT2D eigenvalue weighted by Crippen LogP contribution is 2.22. The molecule has 2 rings (SSSR count). The van der Waals surface area contributed by atoms with E-state index in [-0.39, 0.29) is 36.7 Å². The number of nitrogens with zero attached hydrogens (tertiary/aromatic N) is 1. The van der Waals surface area contributed by atoms with Crippen molar-refractivity contribution < 1.29 is 13.2 Å². The normalized spacial score (nSPS) is 25.8. The summed E-state index contributed by atoms with van der Waals surface area (Å²) in [5, 5.41) is -0.553. The summed E-state index contributed by atoms with van der Waals surface area (Å²) in [5.74, 6) is -0.211. The number of rotatable bonds is 2. The van der Waals surface area contributed by atoms with Gasteiger partial charge >= 0.3 is 0 Å². The maximum Gasteiger partial charge on any atom is 0.244 e. The number of benzene rings is 1. The van der Waals surface area contributed by atoms with E-state index in [9.17, 15) is 13.2 Å². The molecule has 0 radical (unpaired) electrons. The first-order valence-corrected chi connectivity index (χ1v) is 8.38. The van der Waals surface area contributed by atoms with Gasteiger partial charge in [-0.1, -0.05) is 30.3 Å². The smallest absolute Gasteiger partial charge is 0.244 e. The van der Waals surface area contributed by atoms with Crippen LogP contribution < -0.4 is 5.73 Å². The van der Waals surface area contributed by atoms with E-state index >= 15 is 0 Å². The molecule has 0 aliphatic carbocycles. The lowest BCUT2D eigenvalue weighted by molar-refractivity contribution is -0.134. The molecule has 7 heteroatoms. The molecule has 118 valence electrons. The van der Waals surface area contributed by atoms with Crippen LogP contribution in [0.2, 0.25) is 0 Å². The maximum absolute atomic E-state index is 12.5. The molecular formula is C14H21ClN2O3S. The summed E-state index contributed by atoms with van der Waals surface area (Å²) >= 11 is 0. The lowest BCUT2D eigenvalue weighted by Crippen LogP contribution is -2.56. The molecule has 3 atom stereocenters. The number of amides is 1. The van der Waals surface area contributed by atoms with Crippen molar-refractivity contribution in [2.75, 3.05) is 12.3 Å². The molecule has 21 heavy (non-hydrogen) atoms. The number of nitrogens with two attached hydrogens (primary N) is 1. The molecule has 5 nitrogen and oxygen atoms in total. The van der Waals surface area contributed by atoms with Gasteiger partial charge in [-0.15, -0.1) is 12.4 Å². The predicted molar refractivity (Wildman–Crippen MR) is 85.0 cm³/mol. The lowest BCUT2D eigenvalue weighted by Gasteiger charge is -2.38. The van der Waals surface area contributed by atoms with Gasteiger partial charge in [0.2, 0.25) is 5.91 Å². The largest absolute Gasteiger partial charge is 0.336 e. The monoisotopic (exact) mass is 332 g/mol. The minimum absolute atomic E-state index is 0. The van der Waals surface area contributed by atoms with Crippen LogP contribution in [-0.2, 0) is 14.6 Å². The Morgan fingerprint density at radius 2 is 1.86 bits per heavy atom. The van der Waals surface area contributed by atoms with Crippen LogP contribution in [0.25, 0.3) is 0 Å². The van der Waals surface area contributed by atoms with E-state index in [1.165, 1.54) is 0 Å². The molecule has 1 aliphatic rings. The summed E-state index contributed by atoms with van der Waals surface area (Å²) < 4.78 is 23.7. The number of hydrogen-bond donors (Lipinski definition) is 1.